The molecule has 1 aromatic rings. The van der Waals surface area contributed by atoms with Crippen LogP contribution in [0.5, 0.6) is 0 Å². The van der Waals surface area contributed by atoms with Gasteiger partial charge in [-0.3, -0.25) is 4.79 Å². The van der Waals surface area contributed by atoms with E-state index in [0.29, 0.717) is 18.4 Å². The highest BCUT2D eigenvalue weighted by molar-refractivity contribution is 5.95. The predicted molar refractivity (Wildman–Crippen MR) is 94.8 cm³/mol. The fraction of sp³-hybridized carbons (Fsp3) is 0.632. The SMILES string of the molecule is Cc1ccc(C(=O)N2C[C@H](C)C[C@H](C)C2)cc1NC[C@H](C)CO. The van der Waals surface area contributed by atoms with Crippen LogP contribution in [-0.4, -0.2) is 42.2 Å². The molecule has 0 aliphatic carbocycles. The van der Waals surface area contributed by atoms with Crippen LogP contribution in [0.25, 0.3) is 0 Å². The first-order valence-corrected chi connectivity index (χ1v) is 8.65. The van der Waals surface area contributed by atoms with Crippen LogP contribution in [0.2, 0.25) is 0 Å². The first kappa shape index (κ1) is 17.8. The van der Waals surface area contributed by atoms with E-state index in [1.165, 1.54) is 6.42 Å². The minimum Gasteiger partial charge on any atom is -0.396 e. The van der Waals surface area contributed by atoms with Crippen molar-refractivity contribution >= 4 is 11.6 Å². The molecule has 1 heterocycles. The molecule has 2 N–H and O–H groups in total. The highest BCUT2D eigenvalue weighted by Gasteiger charge is 2.26. The van der Waals surface area contributed by atoms with Crippen LogP contribution in [0, 0.1) is 24.7 Å². The molecule has 3 atom stereocenters. The average molecular weight is 318 g/mol. The van der Waals surface area contributed by atoms with E-state index in [-0.39, 0.29) is 18.4 Å². The molecule has 0 saturated carbocycles. The maximum Gasteiger partial charge on any atom is 0.253 e. The molecule has 128 valence electrons. The molecular weight excluding hydrogens is 288 g/mol. The second-order valence-electron chi connectivity index (χ2n) is 7.35. The molecule has 23 heavy (non-hydrogen) atoms. The fourth-order valence-electron chi connectivity index (χ4n) is 3.31. The van der Waals surface area contributed by atoms with E-state index in [2.05, 4.69) is 19.2 Å². The molecule has 1 saturated heterocycles. The normalized spacial score (nSPS) is 22.7. The molecule has 0 bridgehead atoms. The summed E-state index contributed by atoms with van der Waals surface area (Å²) in [5.41, 5.74) is 2.84. The number of aryl methyl sites for hydroxylation is 1. The summed E-state index contributed by atoms with van der Waals surface area (Å²) in [4.78, 5) is 14.8. The van der Waals surface area contributed by atoms with Gasteiger partial charge in [-0.15, -0.1) is 0 Å². The van der Waals surface area contributed by atoms with Crippen molar-refractivity contribution in [1.29, 1.82) is 0 Å². The first-order valence-electron chi connectivity index (χ1n) is 8.65. The van der Waals surface area contributed by atoms with E-state index in [4.69, 9.17) is 5.11 Å². The summed E-state index contributed by atoms with van der Waals surface area (Å²) < 4.78 is 0. The number of amides is 1. The lowest BCUT2D eigenvalue weighted by atomic mass is 9.91. The van der Waals surface area contributed by atoms with Crippen molar-refractivity contribution in [3.05, 3.63) is 29.3 Å². The van der Waals surface area contributed by atoms with Crippen LogP contribution < -0.4 is 5.32 Å². The summed E-state index contributed by atoms with van der Waals surface area (Å²) in [6, 6.07) is 5.87. The molecule has 1 fully saturated rings. The second kappa shape index (κ2) is 7.82. The Kier molecular flexibility index (Phi) is 6.05. The minimum absolute atomic E-state index is 0.127. The Bertz CT molecular complexity index is 534. The van der Waals surface area contributed by atoms with E-state index in [9.17, 15) is 4.79 Å². The number of aliphatic hydroxyl groups excluding tert-OH is 1. The van der Waals surface area contributed by atoms with E-state index in [1.807, 2.05) is 36.9 Å². The second-order valence-corrected chi connectivity index (χ2v) is 7.35. The number of benzene rings is 1. The number of nitrogens with one attached hydrogen (secondary N) is 1. The van der Waals surface area contributed by atoms with E-state index < -0.39 is 0 Å². The van der Waals surface area contributed by atoms with Crippen molar-refractivity contribution in [1.82, 2.24) is 4.90 Å². The largest absolute Gasteiger partial charge is 0.396 e. The fourth-order valence-corrected chi connectivity index (χ4v) is 3.31. The molecule has 1 aliphatic rings. The monoisotopic (exact) mass is 318 g/mol. The van der Waals surface area contributed by atoms with Gasteiger partial charge in [0.1, 0.15) is 0 Å². The standard InChI is InChI=1S/C19H30N2O2/c1-13-7-14(2)11-21(10-13)19(23)17-6-5-16(4)18(8-17)20-9-15(3)12-22/h5-6,8,13-15,20,22H,7,9-12H2,1-4H3/t13-,14+,15-/m0/s1. The van der Waals surface area contributed by atoms with Crippen molar-refractivity contribution in [2.75, 3.05) is 31.6 Å². The molecule has 4 nitrogen and oxygen atoms in total. The van der Waals surface area contributed by atoms with E-state index in [1.54, 1.807) is 0 Å². The lowest BCUT2D eigenvalue weighted by Crippen LogP contribution is -2.42. The zero-order valence-electron chi connectivity index (χ0n) is 14.8. The third-order valence-electron chi connectivity index (χ3n) is 4.59. The predicted octanol–water partition coefficient (Wildman–Crippen LogP) is 3.15. The van der Waals surface area contributed by atoms with Crippen LogP contribution in [0.3, 0.4) is 0 Å². The number of likely N-dealkylation sites (tertiary alicyclic amines) is 1. The highest BCUT2D eigenvalue weighted by Crippen LogP contribution is 2.24. The summed E-state index contributed by atoms with van der Waals surface area (Å²) in [6.45, 7) is 11.0. The summed E-state index contributed by atoms with van der Waals surface area (Å²) in [7, 11) is 0. The van der Waals surface area contributed by atoms with Crippen LogP contribution in [0.1, 0.15) is 43.1 Å². The number of rotatable bonds is 5. The number of carbonyl (C=O) groups is 1. The lowest BCUT2D eigenvalue weighted by Gasteiger charge is -2.35. The molecule has 4 heteroatoms. The Labute approximate surface area is 139 Å². The lowest BCUT2D eigenvalue weighted by molar-refractivity contribution is 0.0623. The van der Waals surface area contributed by atoms with Crippen molar-refractivity contribution < 1.29 is 9.90 Å². The first-order chi connectivity index (χ1) is 10.9. The van der Waals surface area contributed by atoms with Gasteiger partial charge in [-0.2, -0.15) is 0 Å². The third kappa shape index (κ3) is 4.71. The number of aliphatic hydroxyl groups is 1. The van der Waals surface area contributed by atoms with Crippen LogP contribution in [0.4, 0.5) is 5.69 Å². The molecule has 1 aliphatic heterocycles. The Morgan fingerprint density at radius 1 is 1.35 bits per heavy atom. The molecule has 2 rings (SSSR count). The topological polar surface area (TPSA) is 52.6 Å². The van der Waals surface area contributed by atoms with Gasteiger partial charge in [0.15, 0.2) is 0 Å². The van der Waals surface area contributed by atoms with E-state index >= 15 is 0 Å². The Morgan fingerprint density at radius 2 is 2.00 bits per heavy atom. The number of nitrogens with zero attached hydrogens (tertiary/aromatic N) is 1. The average Bonchev–Trinajstić information content (AvgIpc) is 2.52. The Hall–Kier alpha value is -1.55. The molecule has 1 aromatic carbocycles. The summed E-state index contributed by atoms with van der Waals surface area (Å²) in [5.74, 6) is 1.45. The molecule has 0 spiro atoms. The maximum absolute atomic E-state index is 12.8. The number of hydrogen-bond acceptors (Lipinski definition) is 3. The van der Waals surface area contributed by atoms with Gasteiger partial charge < -0.3 is 15.3 Å². The van der Waals surface area contributed by atoms with Gasteiger partial charge in [0.25, 0.3) is 5.91 Å². The molecule has 0 unspecified atom stereocenters. The summed E-state index contributed by atoms with van der Waals surface area (Å²) in [6.07, 6.45) is 1.20. The van der Waals surface area contributed by atoms with Gasteiger partial charge in [0.05, 0.1) is 0 Å². The zero-order valence-corrected chi connectivity index (χ0v) is 14.8. The van der Waals surface area contributed by atoms with Crippen LogP contribution in [0.15, 0.2) is 18.2 Å². The summed E-state index contributed by atoms with van der Waals surface area (Å²) in [5, 5.41) is 12.5. The van der Waals surface area contributed by atoms with Crippen molar-refractivity contribution in [2.24, 2.45) is 17.8 Å². The zero-order chi connectivity index (χ0) is 17.0. The number of anilines is 1. The van der Waals surface area contributed by atoms with Crippen molar-refractivity contribution in [3.63, 3.8) is 0 Å². The molecule has 0 radical (unpaired) electrons. The van der Waals surface area contributed by atoms with Gasteiger partial charge in [0.2, 0.25) is 0 Å². The van der Waals surface area contributed by atoms with Gasteiger partial charge in [-0.05, 0) is 48.8 Å². The summed E-state index contributed by atoms with van der Waals surface area (Å²) >= 11 is 0. The van der Waals surface area contributed by atoms with Gasteiger partial charge in [-0.1, -0.05) is 26.8 Å². The number of hydrogen-bond donors (Lipinski definition) is 2. The van der Waals surface area contributed by atoms with E-state index in [0.717, 1.165) is 29.9 Å². The van der Waals surface area contributed by atoms with Crippen LogP contribution in [-0.2, 0) is 0 Å². The van der Waals surface area contributed by atoms with Crippen molar-refractivity contribution in [2.45, 2.75) is 34.1 Å². The van der Waals surface area contributed by atoms with Gasteiger partial charge in [0, 0.05) is 37.5 Å². The Balaban J connectivity index is 2.11. The minimum atomic E-state index is 0.127. The quantitative estimate of drug-likeness (QED) is 0.877. The van der Waals surface area contributed by atoms with Gasteiger partial charge in [-0.25, -0.2) is 0 Å². The van der Waals surface area contributed by atoms with Crippen molar-refractivity contribution in [3.8, 4) is 0 Å². The number of piperidine rings is 1. The molecule has 1 amide bonds. The van der Waals surface area contributed by atoms with Crippen LogP contribution >= 0.6 is 0 Å². The smallest absolute Gasteiger partial charge is 0.253 e. The third-order valence-corrected chi connectivity index (χ3v) is 4.59. The molecular formula is C19H30N2O2. The molecule has 0 aromatic heterocycles. The highest BCUT2D eigenvalue weighted by atomic mass is 16.3. The number of carbonyl (C=O) groups excluding carboxylic acids is 1. The Morgan fingerprint density at radius 3 is 2.61 bits per heavy atom. The van der Waals surface area contributed by atoms with Gasteiger partial charge >= 0.3 is 0 Å². The maximum atomic E-state index is 12.8.